The van der Waals surface area contributed by atoms with E-state index in [0.717, 1.165) is 10.7 Å². The topological polar surface area (TPSA) is 76.5 Å². The van der Waals surface area contributed by atoms with Crippen LogP contribution in [0.5, 0.6) is 0 Å². The number of carbonyl (C=O) groups is 1. The predicted octanol–water partition coefficient (Wildman–Crippen LogP) is 2.26. The van der Waals surface area contributed by atoms with E-state index in [0.29, 0.717) is 6.42 Å². The molecule has 2 atom stereocenters. The summed E-state index contributed by atoms with van der Waals surface area (Å²) in [5, 5.41) is 9.05. The smallest absolute Gasteiger partial charge is 0.323 e. The molecule has 1 heterocycles. The van der Waals surface area contributed by atoms with Crippen molar-refractivity contribution in [2.24, 2.45) is 5.73 Å². The lowest BCUT2D eigenvalue weighted by Crippen LogP contribution is -2.46. The molecule has 0 aliphatic heterocycles. The van der Waals surface area contributed by atoms with Gasteiger partial charge in [0.05, 0.1) is 6.26 Å². The molecule has 0 fully saturated rings. The monoisotopic (exact) mass is 243 g/mol. The number of aryl methyl sites for hydroxylation is 1. The molecule has 5 heteroatoms. The number of aliphatic carboxylic acids is 1. The van der Waals surface area contributed by atoms with Crippen LogP contribution in [0.1, 0.15) is 26.0 Å². The largest absolute Gasteiger partial charge is 0.480 e. The fraction of sp³-hybridized carbons (Fsp3) is 0.545. The average molecular weight is 243 g/mol. The van der Waals surface area contributed by atoms with Gasteiger partial charge in [0, 0.05) is 10.1 Å². The quantitative estimate of drug-likeness (QED) is 0.776. The van der Waals surface area contributed by atoms with Crippen LogP contribution >= 0.6 is 11.8 Å². The highest BCUT2D eigenvalue weighted by Crippen LogP contribution is 2.30. The lowest BCUT2D eigenvalue weighted by atomic mass is 9.98. The summed E-state index contributed by atoms with van der Waals surface area (Å²) in [6, 6.07) is 1.88. The van der Waals surface area contributed by atoms with Gasteiger partial charge in [0.25, 0.3) is 0 Å². The molecular weight excluding hydrogens is 226 g/mol. The molecule has 1 aromatic rings. The van der Waals surface area contributed by atoms with Crippen molar-refractivity contribution in [1.82, 2.24) is 0 Å². The van der Waals surface area contributed by atoms with Gasteiger partial charge in [0.2, 0.25) is 0 Å². The summed E-state index contributed by atoms with van der Waals surface area (Å²) in [4.78, 5) is 11.9. The van der Waals surface area contributed by atoms with Crippen molar-refractivity contribution in [2.75, 3.05) is 0 Å². The van der Waals surface area contributed by atoms with Gasteiger partial charge in [-0.2, -0.15) is 0 Å². The molecule has 0 saturated heterocycles. The van der Waals surface area contributed by atoms with Gasteiger partial charge in [-0.3, -0.25) is 4.79 Å². The van der Waals surface area contributed by atoms with Gasteiger partial charge in [-0.15, -0.1) is 11.8 Å². The number of nitrogens with two attached hydrogens (primary N) is 1. The van der Waals surface area contributed by atoms with Gasteiger partial charge in [0.1, 0.15) is 11.3 Å². The molecule has 1 aromatic heterocycles. The highest BCUT2D eigenvalue weighted by molar-refractivity contribution is 8.00. The molecule has 2 unspecified atom stereocenters. The van der Waals surface area contributed by atoms with E-state index in [1.165, 1.54) is 6.92 Å². The second-order valence-corrected chi connectivity index (χ2v) is 5.68. The van der Waals surface area contributed by atoms with E-state index in [9.17, 15) is 4.79 Å². The van der Waals surface area contributed by atoms with Crippen LogP contribution in [0.2, 0.25) is 0 Å². The standard InChI is InChI=1S/C11H17NO3S/c1-7(6-11(3,12)10(13)14)16-9-4-5-15-8(9)2/h4-5,7H,6,12H2,1-3H3,(H,13,14). The van der Waals surface area contributed by atoms with Crippen LogP contribution in [0.25, 0.3) is 0 Å². The van der Waals surface area contributed by atoms with Gasteiger partial charge in [-0.25, -0.2) is 0 Å². The van der Waals surface area contributed by atoms with E-state index in [1.54, 1.807) is 18.0 Å². The Labute approximate surface area is 99.2 Å². The van der Waals surface area contributed by atoms with Crippen LogP contribution in [0.3, 0.4) is 0 Å². The van der Waals surface area contributed by atoms with Crippen molar-refractivity contribution in [3.63, 3.8) is 0 Å². The van der Waals surface area contributed by atoms with Crippen molar-refractivity contribution in [3.8, 4) is 0 Å². The molecule has 0 saturated carbocycles. The zero-order valence-electron chi connectivity index (χ0n) is 9.69. The fourth-order valence-corrected chi connectivity index (χ4v) is 2.65. The lowest BCUT2D eigenvalue weighted by molar-refractivity contribution is -0.142. The first kappa shape index (κ1) is 13.1. The zero-order chi connectivity index (χ0) is 12.3. The van der Waals surface area contributed by atoms with Crippen LogP contribution in [0, 0.1) is 6.92 Å². The van der Waals surface area contributed by atoms with Gasteiger partial charge in [0.15, 0.2) is 0 Å². The molecule has 0 amide bonds. The van der Waals surface area contributed by atoms with Crippen molar-refractivity contribution in [1.29, 1.82) is 0 Å². The number of furan rings is 1. The lowest BCUT2D eigenvalue weighted by Gasteiger charge is -2.22. The Morgan fingerprint density at radius 3 is 2.81 bits per heavy atom. The third-order valence-electron chi connectivity index (χ3n) is 2.34. The molecule has 0 radical (unpaired) electrons. The number of hydrogen-bond donors (Lipinski definition) is 2. The maximum atomic E-state index is 10.9. The SMILES string of the molecule is Cc1occc1SC(C)CC(C)(N)C(=O)O. The second-order valence-electron chi connectivity index (χ2n) is 4.20. The highest BCUT2D eigenvalue weighted by atomic mass is 32.2. The summed E-state index contributed by atoms with van der Waals surface area (Å²) in [5.41, 5.74) is 4.51. The number of rotatable bonds is 5. The average Bonchev–Trinajstić information content (AvgIpc) is 2.50. The molecule has 0 aromatic carbocycles. The zero-order valence-corrected chi connectivity index (χ0v) is 10.5. The van der Waals surface area contributed by atoms with E-state index in [2.05, 4.69) is 0 Å². The highest BCUT2D eigenvalue weighted by Gasteiger charge is 2.30. The second kappa shape index (κ2) is 4.93. The van der Waals surface area contributed by atoms with Crippen molar-refractivity contribution < 1.29 is 14.3 Å². The number of hydrogen-bond acceptors (Lipinski definition) is 4. The molecule has 0 aliphatic rings. The first-order valence-corrected chi connectivity index (χ1v) is 5.94. The summed E-state index contributed by atoms with van der Waals surface area (Å²) in [5.74, 6) is -0.116. The number of thioether (sulfide) groups is 1. The Morgan fingerprint density at radius 2 is 2.38 bits per heavy atom. The Kier molecular flexibility index (Phi) is 4.04. The summed E-state index contributed by atoms with van der Waals surface area (Å²) in [6.07, 6.45) is 2.04. The van der Waals surface area contributed by atoms with E-state index in [-0.39, 0.29) is 5.25 Å². The maximum absolute atomic E-state index is 10.9. The Hall–Kier alpha value is -0.940. The molecule has 0 bridgehead atoms. The molecular formula is C11H17NO3S. The molecule has 4 nitrogen and oxygen atoms in total. The van der Waals surface area contributed by atoms with E-state index in [4.69, 9.17) is 15.3 Å². The van der Waals surface area contributed by atoms with Crippen LogP contribution in [0.4, 0.5) is 0 Å². The fourth-order valence-electron chi connectivity index (χ4n) is 1.44. The van der Waals surface area contributed by atoms with Crippen molar-refractivity contribution >= 4 is 17.7 Å². The minimum absolute atomic E-state index is 0.127. The number of carboxylic acid groups (broad SMARTS) is 1. The van der Waals surface area contributed by atoms with Crippen molar-refractivity contribution in [2.45, 2.75) is 42.9 Å². The van der Waals surface area contributed by atoms with E-state index >= 15 is 0 Å². The van der Waals surface area contributed by atoms with Crippen LogP contribution < -0.4 is 5.73 Å². The summed E-state index contributed by atoms with van der Waals surface area (Å²) < 4.78 is 5.17. The van der Waals surface area contributed by atoms with Gasteiger partial charge >= 0.3 is 5.97 Å². The predicted molar refractivity (Wildman–Crippen MR) is 63.6 cm³/mol. The van der Waals surface area contributed by atoms with Gasteiger partial charge in [-0.1, -0.05) is 6.92 Å². The van der Waals surface area contributed by atoms with Gasteiger partial charge in [-0.05, 0) is 26.3 Å². The maximum Gasteiger partial charge on any atom is 0.323 e. The Morgan fingerprint density at radius 1 is 1.75 bits per heavy atom. The minimum Gasteiger partial charge on any atom is -0.480 e. The van der Waals surface area contributed by atoms with Crippen molar-refractivity contribution in [3.05, 3.63) is 18.1 Å². The third kappa shape index (κ3) is 3.28. The Bertz CT molecular complexity index is 373. The normalized spacial score (nSPS) is 16.8. The molecule has 0 aliphatic carbocycles. The van der Waals surface area contributed by atoms with Crippen LogP contribution in [-0.2, 0) is 4.79 Å². The summed E-state index contributed by atoms with van der Waals surface area (Å²) in [7, 11) is 0. The minimum atomic E-state index is -1.18. The molecule has 0 spiro atoms. The van der Waals surface area contributed by atoms with Crippen LogP contribution in [-0.4, -0.2) is 21.9 Å². The summed E-state index contributed by atoms with van der Waals surface area (Å²) >= 11 is 1.58. The Balaban J connectivity index is 2.58. The van der Waals surface area contributed by atoms with Gasteiger partial charge < -0.3 is 15.3 Å². The molecule has 90 valence electrons. The van der Waals surface area contributed by atoms with E-state index < -0.39 is 11.5 Å². The van der Waals surface area contributed by atoms with Crippen LogP contribution in [0.15, 0.2) is 21.6 Å². The molecule has 1 rings (SSSR count). The molecule has 3 N–H and O–H groups in total. The van der Waals surface area contributed by atoms with E-state index in [1.807, 2.05) is 19.9 Å². The first-order valence-electron chi connectivity index (χ1n) is 5.06. The first-order chi connectivity index (χ1) is 7.33. The number of carboxylic acids is 1. The third-order valence-corrected chi connectivity index (χ3v) is 3.59. The summed E-state index contributed by atoms with van der Waals surface area (Å²) in [6.45, 7) is 5.38. The molecule has 16 heavy (non-hydrogen) atoms.